The quantitative estimate of drug-likeness (QED) is 0.645. The lowest BCUT2D eigenvalue weighted by Crippen LogP contribution is -1.94. The van der Waals surface area contributed by atoms with Gasteiger partial charge in [0, 0.05) is 12.8 Å². The molecule has 1 aromatic rings. The summed E-state index contributed by atoms with van der Waals surface area (Å²) < 4.78 is 1.72. The molecule has 1 N–H and O–H groups in total. The summed E-state index contributed by atoms with van der Waals surface area (Å²) in [6.07, 6.45) is 5.17. The normalized spacial score (nSPS) is 10.1. The molecule has 1 heterocycles. The molecule has 66 valence electrons. The predicted octanol–water partition coefficient (Wildman–Crippen LogP) is 0.389. The summed E-state index contributed by atoms with van der Waals surface area (Å²) in [4.78, 5) is 0. The lowest BCUT2D eigenvalue weighted by atomic mass is 10.3. The Morgan fingerprint density at radius 1 is 1.67 bits per heavy atom. The van der Waals surface area contributed by atoms with Crippen LogP contribution in [0.1, 0.15) is 12.1 Å². The second-order valence-corrected chi connectivity index (χ2v) is 2.55. The van der Waals surface area contributed by atoms with Crippen LogP contribution in [0.3, 0.4) is 0 Å². The molecule has 0 unspecified atom stereocenters. The van der Waals surface area contributed by atoms with Crippen molar-refractivity contribution < 1.29 is 5.11 Å². The molecular weight excluding hydrogens is 154 g/mol. The third-order valence-corrected chi connectivity index (χ3v) is 1.49. The minimum absolute atomic E-state index is 0.203. The highest BCUT2D eigenvalue weighted by Crippen LogP contribution is 1.97. The summed E-state index contributed by atoms with van der Waals surface area (Å²) in [5, 5.41) is 16.4. The van der Waals surface area contributed by atoms with Crippen molar-refractivity contribution in [3.05, 3.63) is 24.5 Å². The van der Waals surface area contributed by atoms with Crippen LogP contribution in [0.15, 0.2) is 18.9 Å². The average Bonchev–Trinajstić information content (AvgIpc) is 2.50. The highest BCUT2D eigenvalue weighted by Gasteiger charge is 1.97. The lowest BCUT2D eigenvalue weighted by molar-refractivity contribution is 0.288. The number of hydrogen-bond acceptors (Lipinski definition) is 3. The number of nitrogens with zero attached hydrogens (tertiary/aromatic N) is 3. The molecule has 0 saturated carbocycles. The largest absolute Gasteiger partial charge is 0.396 e. The van der Waals surface area contributed by atoms with Gasteiger partial charge in [0.15, 0.2) is 0 Å². The average molecular weight is 167 g/mol. The van der Waals surface area contributed by atoms with Gasteiger partial charge in [0.25, 0.3) is 0 Å². The maximum absolute atomic E-state index is 8.57. The molecule has 0 aromatic carbocycles. The molecule has 0 atom stereocenters. The summed E-state index contributed by atoms with van der Waals surface area (Å²) in [7, 11) is 0. The van der Waals surface area contributed by atoms with E-state index in [4.69, 9.17) is 5.11 Å². The molecule has 1 aromatic heterocycles. The van der Waals surface area contributed by atoms with Crippen molar-refractivity contribution in [2.75, 3.05) is 6.61 Å². The van der Waals surface area contributed by atoms with Crippen LogP contribution in [-0.2, 0) is 13.0 Å². The van der Waals surface area contributed by atoms with E-state index in [1.807, 2.05) is 6.20 Å². The summed E-state index contributed by atoms with van der Waals surface area (Å²) in [5.41, 5.74) is 0.922. The first-order valence-corrected chi connectivity index (χ1v) is 3.97. The Bertz CT molecular complexity index is 244. The molecule has 0 aliphatic carbocycles. The van der Waals surface area contributed by atoms with E-state index in [9.17, 15) is 0 Å². The van der Waals surface area contributed by atoms with Gasteiger partial charge in [-0.2, -0.15) is 0 Å². The molecule has 4 heteroatoms. The minimum atomic E-state index is 0.203. The Hall–Kier alpha value is -1.16. The number of hydrogen-bond donors (Lipinski definition) is 1. The second kappa shape index (κ2) is 4.66. The number of aryl methyl sites for hydroxylation is 1. The molecule has 0 saturated heterocycles. The first-order chi connectivity index (χ1) is 5.86. The first-order valence-electron chi connectivity index (χ1n) is 3.97. The third-order valence-electron chi connectivity index (χ3n) is 1.49. The third kappa shape index (κ3) is 2.47. The van der Waals surface area contributed by atoms with Crippen LogP contribution >= 0.6 is 0 Å². The van der Waals surface area contributed by atoms with Gasteiger partial charge in [-0.25, -0.2) is 4.68 Å². The van der Waals surface area contributed by atoms with E-state index in [1.165, 1.54) is 0 Å². The molecule has 0 aliphatic rings. The Labute approximate surface area is 71.5 Å². The fourth-order valence-corrected chi connectivity index (χ4v) is 0.935. The van der Waals surface area contributed by atoms with Gasteiger partial charge < -0.3 is 5.11 Å². The molecule has 0 spiro atoms. The lowest BCUT2D eigenvalue weighted by Gasteiger charge is -1.90. The molecule has 4 nitrogen and oxygen atoms in total. The van der Waals surface area contributed by atoms with Crippen LogP contribution < -0.4 is 0 Å². The topological polar surface area (TPSA) is 50.9 Å². The maximum atomic E-state index is 8.57. The molecule has 0 fully saturated rings. The van der Waals surface area contributed by atoms with Gasteiger partial charge in [-0.1, -0.05) is 11.3 Å². The first kappa shape index (κ1) is 8.93. The zero-order valence-corrected chi connectivity index (χ0v) is 6.98. The standard InChI is InChI=1S/C8H13N3O/c1-2-5-11-7-8(9-10-11)4-3-6-12/h2,7,12H,1,3-6H2. The Kier molecular flexibility index (Phi) is 3.47. The van der Waals surface area contributed by atoms with Gasteiger partial charge in [0.2, 0.25) is 0 Å². The van der Waals surface area contributed by atoms with Crippen molar-refractivity contribution in [1.29, 1.82) is 0 Å². The van der Waals surface area contributed by atoms with Crippen molar-refractivity contribution in [3.8, 4) is 0 Å². The molecule has 0 amide bonds. The fourth-order valence-electron chi connectivity index (χ4n) is 0.935. The molecular formula is C8H13N3O. The molecule has 0 radical (unpaired) electrons. The number of allylic oxidation sites excluding steroid dienone is 1. The molecule has 0 aliphatic heterocycles. The van der Waals surface area contributed by atoms with Crippen molar-refractivity contribution in [3.63, 3.8) is 0 Å². The summed E-state index contributed by atoms with van der Waals surface area (Å²) >= 11 is 0. The van der Waals surface area contributed by atoms with E-state index in [0.29, 0.717) is 6.54 Å². The van der Waals surface area contributed by atoms with Crippen LogP contribution in [0.25, 0.3) is 0 Å². The Morgan fingerprint density at radius 3 is 3.17 bits per heavy atom. The maximum Gasteiger partial charge on any atom is 0.0828 e. The highest BCUT2D eigenvalue weighted by atomic mass is 16.2. The zero-order valence-electron chi connectivity index (χ0n) is 6.98. The number of rotatable bonds is 5. The number of aromatic nitrogens is 3. The highest BCUT2D eigenvalue weighted by molar-refractivity contribution is 4.92. The second-order valence-electron chi connectivity index (χ2n) is 2.55. The van der Waals surface area contributed by atoms with E-state index < -0.39 is 0 Å². The van der Waals surface area contributed by atoms with E-state index in [-0.39, 0.29) is 6.61 Å². The van der Waals surface area contributed by atoms with Crippen LogP contribution in [0.4, 0.5) is 0 Å². The molecule has 0 bridgehead atoms. The fraction of sp³-hybridized carbons (Fsp3) is 0.500. The van der Waals surface area contributed by atoms with Crippen LogP contribution in [-0.4, -0.2) is 26.7 Å². The van der Waals surface area contributed by atoms with Crippen molar-refractivity contribution in [2.45, 2.75) is 19.4 Å². The SMILES string of the molecule is C=CCn1cc(CCCO)nn1. The Morgan fingerprint density at radius 2 is 2.50 bits per heavy atom. The van der Waals surface area contributed by atoms with Crippen molar-refractivity contribution >= 4 is 0 Å². The van der Waals surface area contributed by atoms with E-state index >= 15 is 0 Å². The van der Waals surface area contributed by atoms with E-state index in [0.717, 1.165) is 18.5 Å². The van der Waals surface area contributed by atoms with E-state index in [2.05, 4.69) is 16.9 Å². The predicted molar refractivity (Wildman–Crippen MR) is 45.6 cm³/mol. The Balaban J connectivity index is 2.46. The van der Waals surface area contributed by atoms with Crippen LogP contribution in [0.5, 0.6) is 0 Å². The summed E-state index contributed by atoms with van der Waals surface area (Å²) in [5.74, 6) is 0. The number of aliphatic hydroxyl groups excluding tert-OH is 1. The molecule has 12 heavy (non-hydrogen) atoms. The van der Waals surface area contributed by atoms with Gasteiger partial charge in [0.05, 0.1) is 12.2 Å². The summed E-state index contributed by atoms with van der Waals surface area (Å²) in [6.45, 7) is 4.49. The number of aliphatic hydroxyl groups is 1. The van der Waals surface area contributed by atoms with Gasteiger partial charge in [0.1, 0.15) is 0 Å². The smallest absolute Gasteiger partial charge is 0.0828 e. The minimum Gasteiger partial charge on any atom is -0.396 e. The summed E-state index contributed by atoms with van der Waals surface area (Å²) in [6, 6.07) is 0. The zero-order chi connectivity index (χ0) is 8.81. The van der Waals surface area contributed by atoms with Gasteiger partial charge in [-0.3, -0.25) is 0 Å². The van der Waals surface area contributed by atoms with Gasteiger partial charge in [-0.05, 0) is 12.8 Å². The van der Waals surface area contributed by atoms with Crippen molar-refractivity contribution in [2.24, 2.45) is 0 Å². The molecule has 1 rings (SSSR count). The monoisotopic (exact) mass is 167 g/mol. The van der Waals surface area contributed by atoms with Crippen LogP contribution in [0.2, 0.25) is 0 Å². The van der Waals surface area contributed by atoms with Crippen LogP contribution in [0, 0.1) is 0 Å². The van der Waals surface area contributed by atoms with E-state index in [1.54, 1.807) is 10.8 Å². The van der Waals surface area contributed by atoms with Gasteiger partial charge in [-0.15, -0.1) is 11.7 Å². The van der Waals surface area contributed by atoms with Gasteiger partial charge >= 0.3 is 0 Å². The van der Waals surface area contributed by atoms with Crippen molar-refractivity contribution in [1.82, 2.24) is 15.0 Å².